The average molecular weight is 410 g/mol. The number of nitrogens with zero attached hydrogens (tertiary/aromatic N) is 5. The van der Waals surface area contributed by atoms with Gasteiger partial charge in [-0.2, -0.15) is 4.98 Å². The summed E-state index contributed by atoms with van der Waals surface area (Å²) in [7, 11) is 0. The van der Waals surface area contributed by atoms with Gasteiger partial charge in [0.05, 0.1) is 13.1 Å². The fourth-order valence-electron chi connectivity index (χ4n) is 3.24. The third-order valence-corrected chi connectivity index (χ3v) is 4.86. The number of hydrogen-bond donors (Lipinski definition) is 1. The quantitative estimate of drug-likeness (QED) is 0.642. The molecule has 0 atom stereocenters. The van der Waals surface area contributed by atoms with E-state index in [0.29, 0.717) is 50.2 Å². The van der Waals surface area contributed by atoms with Crippen molar-refractivity contribution in [2.75, 3.05) is 32.7 Å². The lowest BCUT2D eigenvalue weighted by Crippen LogP contribution is -2.50. The largest absolute Gasteiger partial charge is 0.355 e. The minimum Gasteiger partial charge on any atom is -0.355 e. The predicted octanol–water partition coefficient (Wildman–Crippen LogP) is 1.11. The molecule has 0 aliphatic carbocycles. The molecule has 0 radical (unpaired) electrons. The van der Waals surface area contributed by atoms with Crippen molar-refractivity contribution in [1.82, 2.24) is 30.4 Å². The zero-order valence-corrected chi connectivity index (χ0v) is 16.6. The third-order valence-electron chi connectivity index (χ3n) is 4.86. The summed E-state index contributed by atoms with van der Waals surface area (Å²) in [4.78, 5) is 32.8. The van der Waals surface area contributed by atoms with E-state index >= 15 is 0 Å². The van der Waals surface area contributed by atoms with Gasteiger partial charge in [-0.1, -0.05) is 40.6 Å². The van der Waals surface area contributed by atoms with Crippen LogP contribution in [0.1, 0.15) is 22.2 Å². The van der Waals surface area contributed by atoms with Crippen LogP contribution in [0.25, 0.3) is 11.3 Å². The predicted molar refractivity (Wildman–Crippen MR) is 105 cm³/mol. The summed E-state index contributed by atoms with van der Waals surface area (Å²) < 4.78 is 10.2. The van der Waals surface area contributed by atoms with Crippen LogP contribution in [-0.2, 0) is 11.3 Å². The van der Waals surface area contributed by atoms with Crippen LogP contribution in [0.5, 0.6) is 0 Å². The molecule has 0 spiro atoms. The SMILES string of the molecule is Cc1nc(CN2CCN(C(=O)CNC(=O)c3cc(-c4ccccc4)on3)CC2)no1. The Hall–Kier alpha value is -3.53. The number of benzene rings is 1. The van der Waals surface area contributed by atoms with Gasteiger partial charge in [0.1, 0.15) is 0 Å². The maximum atomic E-state index is 12.4. The van der Waals surface area contributed by atoms with Crippen LogP contribution in [0.4, 0.5) is 0 Å². The van der Waals surface area contributed by atoms with Crippen LogP contribution < -0.4 is 5.32 Å². The van der Waals surface area contributed by atoms with Gasteiger partial charge in [-0.05, 0) is 0 Å². The summed E-state index contributed by atoms with van der Waals surface area (Å²) >= 11 is 0. The third kappa shape index (κ3) is 4.71. The first-order chi connectivity index (χ1) is 14.6. The molecule has 0 unspecified atom stereocenters. The summed E-state index contributed by atoms with van der Waals surface area (Å²) in [6.45, 7) is 4.82. The van der Waals surface area contributed by atoms with Crippen molar-refractivity contribution < 1.29 is 18.6 Å². The Labute approximate surface area is 172 Å². The number of nitrogens with one attached hydrogen (secondary N) is 1. The second-order valence-electron chi connectivity index (χ2n) is 7.01. The highest BCUT2D eigenvalue weighted by Gasteiger charge is 2.23. The van der Waals surface area contributed by atoms with Gasteiger partial charge in [-0.3, -0.25) is 14.5 Å². The van der Waals surface area contributed by atoms with E-state index in [4.69, 9.17) is 9.05 Å². The molecule has 10 heteroatoms. The fraction of sp³-hybridized carbons (Fsp3) is 0.350. The topological polar surface area (TPSA) is 118 Å². The highest BCUT2D eigenvalue weighted by Crippen LogP contribution is 2.19. The molecular formula is C20H22N6O4. The van der Waals surface area contributed by atoms with E-state index in [9.17, 15) is 9.59 Å². The molecule has 10 nitrogen and oxygen atoms in total. The molecular weight excluding hydrogens is 388 g/mol. The molecule has 156 valence electrons. The smallest absolute Gasteiger partial charge is 0.273 e. The van der Waals surface area contributed by atoms with Gasteiger partial charge in [0.2, 0.25) is 11.8 Å². The number of aromatic nitrogens is 3. The second-order valence-corrected chi connectivity index (χ2v) is 7.01. The molecule has 1 N–H and O–H groups in total. The Morgan fingerprint density at radius 2 is 1.83 bits per heavy atom. The van der Waals surface area contributed by atoms with Gasteiger partial charge in [-0.15, -0.1) is 0 Å². The molecule has 0 bridgehead atoms. The fourth-order valence-corrected chi connectivity index (χ4v) is 3.24. The first-order valence-corrected chi connectivity index (χ1v) is 9.68. The van der Waals surface area contributed by atoms with Crippen LogP contribution in [0.15, 0.2) is 45.4 Å². The molecule has 3 heterocycles. The molecule has 1 aliphatic rings. The molecule has 1 aliphatic heterocycles. The highest BCUT2D eigenvalue weighted by atomic mass is 16.5. The number of carbonyl (C=O) groups is 2. The minimum atomic E-state index is -0.444. The Balaban J connectivity index is 1.23. The lowest BCUT2D eigenvalue weighted by Gasteiger charge is -2.34. The van der Waals surface area contributed by atoms with E-state index in [2.05, 4.69) is 25.5 Å². The number of carbonyl (C=O) groups excluding carboxylic acids is 2. The van der Waals surface area contributed by atoms with Crippen molar-refractivity contribution in [3.8, 4) is 11.3 Å². The summed E-state index contributed by atoms with van der Waals surface area (Å²) in [5, 5.41) is 10.3. The maximum absolute atomic E-state index is 12.4. The number of aryl methyl sites for hydroxylation is 1. The number of rotatable bonds is 6. The van der Waals surface area contributed by atoms with E-state index in [1.165, 1.54) is 0 Å². The van der Waals surface area contributed by atoms with Crippen molar-refractivity contribution in [2.24, 2.45) is 0 Å². The van der Waals surface area contributed by atoms with E-state index in [1.807, 2.05) is 30.3 Å². The first-order valence-electron chi connectivity index (χ1n) is 9.68. The van der Waals surface area contributed by atoms with Gasteiger partial charge in [-0.25, -0.2) is 0 Å². The molecule has 30 heavy (non-hydrogen) atoms. The van der Waals surface area contributed by atoms with Gasteiger partial charge in [0.15, 0.2) is 17.3 Å². The molecule has 1 aromatic carbocycles. The standard InChI is InChI=1S/C20H22N6O4/c1-14-22-18(24-29-14)13-25-7-9-26(10-8-25)19(27)12-21-20(28)16-11-17(30-23-16)15-5-3-2-4-6-15/h2-6,11H,7-10,12-13H2,1H3,(H,21,28). The zero-order chi connectivity index (χ0) is 20.9. The monoisotopic (exact) mass is 410 g/mol. The van der Waals surface area contributed by atoms with E-state index in [-0.39, 0.29) is 18.1 Å². The van der Waals surface area contributed by atoms with Crippen molar-refractivity contribution in [1.29, 1.82) is 0 Å². The molecule has 0 saturated carbocycles. The van der Waals surface area contributed by atoms with Crippen molar-refractivity contribution in [3.63, 3.8) is 0 Å². The maximum Gasteiger partial charge on any atom is 0.273 e. The normalized spacial score (nSPS) is 14.6. The van der Waals surface area contributed by atoms with Crippen LogP contribution in [0, 0.1) is 6.92 Å². The lowest BCUT2D eigenvalue weighted by atomic mass is 10.1. The average Bonchev–Trinajstić information content (AvgIpc) is 3.42. The Morgan fingerprint density at radius 3 is 2.53 bits per heavy atom. The molecule has 1 fully saturated rings. The van der Waals surface area contributed by atoms with Crippen molar-refractivity contribution >= 4 is 11.8 Å². The lowest BCUT2D eigenvalue weighted by molar-refractivity contribution is -0.131. The van der Waals surface area contributed by atoms with E-state index in [0.717, 1.165) is 5.56 Å². The van der Waals surface area contributed by atoms with Gasteiger partial charge >= 0.3 is 0 Å². The van der Waals surface area contributed by atoms with Crippen molar-refractivity contribution in [2.45, 2.75) is 13.5 Å². The van der Waals surface area contributed by atoms with Gasteiger partial charge in [0, 0.05) is 44.7 Å². The molecule has 2 aromatic heterocycles. The summed E-state index contributed by atoms with van der Waals surface area (Å²) in [5.41, 5.74) is 0.968. The minimum absolute atomic E-state index is 0.0869. The number of amides is 2. The van der Waals surface area contributed by atoms with Gasteiger partial charge < -0.3 is 19.3 Å². The zero-order valence-electron chi connectivity index (χ0n) is 16.6. The van der Waals surface area contributed by atoms with Crippen molar-refractivity contribution in [3.05, 3.63) is 53.8 Å². The van der Waals surface area contributed by atoms with Crippen LogP contribution in [0.3, 0.4) is 0 Å². The summed E-state index contributed by atoms with van der Waals surface area (Å²) in [6, 6.07) is 10.9. The Morgan fingerprint density at radius 1 is 1.07 bits per heavy atom. The van der Waals surface area contributed by atoms with Gasteiger partial charge in [0.25, 0.3) is 5.91 Å². The molecule has 2 amide bonds. The van der Waals surface area contributed by atoms with Crippen LogP contribution in [-0.4, -0.2) is 69.6 Å². The number of piperazine rings is 1. The molecule has 1 saturated heterocycles. The second kappa shape index (κ2) is 8.87. The number of hydrogen-bond acceptors (Lipinski definition) is 8. The van der Waals surface area contributed by atoms with Crippen LogP contribution in [0.2, 0.25) is 0 Å². The Bertz CT molecular complexity index is 1010. The highest BCUT2D eigenvalue weighted by molar-refractivity contribution is 5.95. The first kappa shape index (κ1) is 19.8. The molecule has 4 rings (SSSR count). The van der Waals surface area contributed by atoms with E-state index in [1.54, 1.807) is 17.9 Å². The summed E-state index contributed by atoms with van der Waals surface area (Å²) in [6.07, 6.45) is 0. The van der Waals surface area contributed by atoms with E-state index < -0.39 is 5.91 Å². The molecule has 3 aromatic rings. The Kier molecular flexibility index (Phi) is 5.84. The summed E-state index contributed by atoms with van der Waals surface area (Å²) in [5.74, 6) is 1.10. The van der Waals surface area contributed by atoms with Crippen LogP contribution >= 0.6 is 0 Å².